The second-order valence-corrected chi connectivity index (χ2v) is 4.54. The van der Waals surface area contributed by atoms with E-state index in [0.29, 0.717) is 17.0 Å². The average Bonchev–Trinajstić information content (AvgIpc) is 2.93. The number of rotatable bonds is 3. The van der Waals surface area contributed by atoms with Crippen LogP contribution in [0.15, 0.2) is 32.5 Å². The fourth-order valence-corrected chi connectivity index (χ4v) is 2.29. The number of hydrogen-bond acceptors (Lipinski definition) is 4. The first-order valence-electron chi connectivity index (χ1n) is 5.78. The molecular formula is C12H12ClN3O2. The summed E-state index contributed by atoms with van der Waals surface area (Å²) >= 11 is 5.69. The molecule has 1 aromatic carbocycles. The lowest BCUT2D eigenvalue weighted by Gasteiger charge is -2.09. The van der Waals surface area contributed by atoms with Gasteiger partial charge in [0.05, 0.1) is 11.2 Å². The third kappa shape index (κ3) is 2.01. The Hall–Kier alpha value is -1.75. The monoisotopic (exact) mass is 265 g/mol. The van der Waals surface area contributed by atoms with Crippen LogP contribution in [-0.4, -0.2) is 34.7 Å². The second-order valence-electron chi connectivity index (χ2n) is 4.16. The molecule has 18 heavy (non-hydrogen) atoms. The number of nitrogens with one attached hydrogen (secondary N) is 1. The van der Waals surface area contributed by atoms with E-state index >= 15 is 0 Å². The van der Waals surface area contributed by atoms with E-state index in [9.17, 15) is 4.79 Å². The van der Waals surface area contributed by atoms with Crippen LogP contribution in [0.2, 0.25) is 0 Å². The van der Waals surface area contributed by atoms with Gasteiger partial charge < -0.3 is 4.42 Å². The summed E-state index contributed by atoms with van der Waals surface area (Å²) in [5.74, 6) is 0.141. The summed E-state index contributed by atoms with van der Waals surface area (Å²) in [5, 5.41) is 6.46. The van der Waals surface area contributed by atoms with E-state index in [-0.39, 0.29) is 0 Å². The summed E-state index contributed by atoms with van der Waals surface area (Å²) in [6.07, 6.45) is 0.886. The molecule has 0 aliphatic carbocycles. The Morgan fingerprint density at radius 2 is 2.39 bits per heavy atom. The molecule has 6 heteroatoms. The number of hydrazone groups is 1. The van der Waals surface area contributed by atoms with Gasteiger partial charge in [-0.2, -0.15) is 5.10 Å². The molecule has 2 heterocycles. The summed E-state index contributed by atoms with van der Waals surface area (Å²) in [6, 6.07) is 5.62. The molecule has 5 nitrogen and oxygen atoms in total. The van der Waals surface area contributed by atoms with Crippen molar-refractivity contribution in [1.82, 2.24) is 9.99 Å². The van der Waals surface area contributed by atoms with Crippen LogP contribution >= 0.6 is 11.6 Å². The van der Waals surface area contributed by atoms with Crippen LogP contribution in [0, 0.1) is 0 Å². The minimum atomic E-state index is -0.431. The van der Waals surface area contributed by atoms with Crippen molar-refractivity contribution in [2.45, 2.75) is 6.42 Å². The van der Waals surface area contributed by atoms with E-state index in [1.54, 1.807) is 0 Å². The van der Waals surface area contributed by atoms with Gasteiger partial charge >= 0.3 is 5.76 Å². The summed E-state index contributed by atoms with van der Waals surface area (Å²) in [6.45, 7) is 1.64. The maximum atomic E-state index is 11.1. The van der Waals surface area contributed by atoms with Crippen LogP contribution in [0.1, 0.15) is 12.0 Å². The molecule has 0 saturated heterocycles. The van der Waals surface area contributed by atoms with E-state index in [0.717, 1.165) is 30.8 Å². The number of aromatic amines is 1. The van der Waals surface area contributed by atoms with Crippen LogP contribution in [-0.2, 0) is 0 Å². The predicted octanol–water partition coefficient (Wildman–Crippen LogP) is 1.77. The van der Waals surface area contributed by atoms with Gasteiger partial charge in [-0.15, -0.1) is 11.6 Å². The highest BCUT2D eigenvalue weighted by Crippen LogP contribution is 2.18. The number of H-pyrrole nitrogens is 1. The Balaban J connectivity index is 1.95. The Bertz CT molecular complexity index is 659. The van der Waals surface area contributed by atoms with E-state index in [2.05, 4.69) is 10.1 Å². The maximum absolute atomic E-state index is 11.1. The van der Waals surface area contributed by atoms with E-state index in [1.165, 1.54) is 0 Å². The quantitative estimate of drug-likeness (QED) is 0.861. The minimum absolute atomic E-state index is 0.431. The zero-order valence-corrected chi connectivity index (χ0v) is 10.4. The maximum Gasteiger partial charge on any atom is 0.417 e. The Labute approximate surface area is 108 Å². The van der Waals surface area contributed by atoms with E-state index in [1.807, 2.05) is 23.2 Å². The second kappa shape index (κ2) is 4.49. The number of alkyl halides is 1. The third-order valence-electron chi connectivity index (χ3n) is 2.97. The first-order chi connectivity index (χ1) is 8.76. The van der Waals surface area contributed by atoms with Gasteiger partial charge in [0.1, 0.15) is 0 Å². The number of halogens is 1. The van der Waals surface area contributed by atoms with Crippen LogP contribution in [0.5, 0.6) is 0 Å². The first-order valence-corrected chi connectivity index (χ1v) is 6.31. The zero-order chi connectivity index (χ0) is 12.5. The minimum Gasteiger partial charge on any atom is -0.408 e. The predicted molar refractivity (Wildman–Crippen MR) is 70.3 cm³/mol. The standard InChI is InChI=1S/C12H12ClN3O2/c13-4-6-16-5-3-9(15-16)8-1-2-10-11(7-8)18-12(17)14-10/h1-2,7H,3-6H2,(H,14,17). The fourth-order valence-electron chi connectivity index (χ4n) is 2.09. The lowest BCUT2D eigenvalue weighted by atomic mass is 10.1. The topological polar surface area (TPSA) is 61.6 Å². The zero-order valence-electron chi connectivity index (χ0n) is 9.65. The Kier molecular flexibility index (Phi) is 2.83. The van der Waals surface area contributed by atoms with Gasteiger partial charge in [-0.05, 0) is 12.1 Å². The fraction of sp³-hybridized carbons (Fsp3) is 0.333. The van der Waals surface area contributed by atoms with Gasteiger partial charge in [0.2, 0.25) is 0 Å². The molecule has 0 radical (unpaired) electrons. The van der Waals surface area contributed by atoms with Crippen molar-refractivity contribution in [3.8, 4) is 0 Å². The van der Waals surface area contributed by atoms with Crippen molar-refractivity contribution in [3.05, 3.63) is 34.3 Å². The number of fused-ring (bicyclic) bond motifs is 1. The Morgan fingerprint density at radius 3 is 3.22 bits per heavy atom. The molecule has 2 aromatic rings. The molecule has 0 unspecified atom stereocenters. The molecule has 1 N–H and O–H groups in total. The first kappa shape index (κ1) is 11.3. The number of hydrogen-bond donors (Lipinski definition) is 1. The Morgan fingerprint density at radius 1 is 1.50 bits per heavy atom. The highest BCUT2D eigenvalue weighted by Gasteiger charge is 2.16. The summed E-state index contributed by atoms with van der Waals surface area (Å²) in [5.41, 5.74) is 3.27. The molecular weight excluding hydrogens is 254 g/mol. The third-order valence-corrected chi connectivity index (χ3v) is 3.13. The number of aromatic nitrogens is 1. The SMILES string of the molecule is O=c1[nH]c2ccc(C3=NN(CCCl)CC3)cc2o1. The normalized spacial score (nSPS) is 15.4. The number of benzene rings is 1. The van der Waals surface area contributed by atoms with Crippen molar-refractivity contribution < 1.29 is 4.42 Å². The molecule has 0 bridgehead atoms. The molecule has 0 saturated carbocycles. The lowest BCUT2D eigenvalue weighted by Crippen LogP contribution is -2.16. The highest BCUT2D eigenvalue weighted by atomic mass is 35.5. The largest absolute Gasteiger partial charge is 0.417 e. The van der Waals surface area contributed by atoms with Gasteiger partial charge in [0, 0.05) is 31.0 Å². The number of oxazole rings is 1. The average molecular weight is 266 g/mol. The van der Waals surface area contributed by atoms with Gasteiger partial charge in [-0.1, -0.05) is 6.07 Å². The molecule has 1 aliphatic rings. The van der Waals surface area contributed by atoms with Crippen LogP contribution in [0.3, 0.4) is 0 Å². The van der Waals surface area contributed by atoms with Gasteiger partial charge in [-0.25, -0.2) is 4.79 Å². The summed E-state index contributed by atoms with van der Waals surface area (Å²) in [7, 11) is 0. The molecule has 1 aromatic heterocycles. The molecule has 0 fully saturated rings. The molecule has 0 amide bonds. The van der Waals surface area contributed by atoms with Crippen molar-refractivity contribution in [1.29, 1.82) is 0 Å². The summed E-state index contributed by atoms with van der Waals surface area (Å²) in [4.78, 5) is 13.7. The van der Waals surface area contributed by atoms with Crippen molar-refractivity contribution in [2.75, 3.05) is 19.0 Å². The van der Waals surface area contributed by atoms with E-state index < -0.39 is 5.76 Å². The summed E-state index contributed by atoms with van der Waals surface area (Å²) < 4.78 is 5.04. The van der Waals surface area contributed by atoms with Crippen LogP contribution < -0.4 is 5.76 Å². The van der Waals surface area contributed by atoms with Gasteiger partial charge in [0.25, 0.3) is 0 Å². The van der Waals surface area contributed by atoms with E-state index in [4.69, 9.17) is 16.0 Å². The lowest BCUT2D eigenvalue weighted by molar-refractivity contribution is 0.338. The number of nitrogens with zero attached hydrogens (tertiary/aromatic N) is 2. The van der Waals surface area contributed by atoms with Crippen molar-refractivity contribution in [3.63, 3.8) is 0 Å². The molecule has 0 spiro atoms. The smallest absolute Gasteiger partial charge is 0.408 e. The van der Waals surface area contributed by atoms with Gasteiger partial charge in [0.15, 0.2) is 5.58 Å². The molecule has 3 rings (SSSR count). The molecule has 0 atom stereocenters. The molecule has 1 aliphatic heterocycles. The van der Waals surface area contributed by atoms with Crippen molar-refractivity contribution in [2.24, 2.45) is 5.10 Å². The van der Waals surface area contributed by atoms with Crippen LogP contribution in [0.25, 0.3) is 11.1 Å². The van der Waals surface area contributed by atoms with Crippen molar-refractivity contribution >= 4 is 28.4 Å². The van der Waals surface area contributed by atoms with Crippen LogP contribution in [0.4, 0.5) is 0 Å². The van der Waals surface area contributed by atoms with Gasteiger partial charge in [-0.3, -0.25) is 9.99 Å². The highest BCUT2D eigenvalue weighted by molar-refractivity contribution is 6.18. The molecule has 94 valence electrons.